The van der Waals surface area contributed by atoms with Crippen LogP contribution in [0.25, 0.3) is 0 Å². The summed E-state index contributed by atoms with van der Waals surface area (Å²) >= 11 is 0. The topological polar surface area (TPSA) is 31.2 Å². The summed E-state index contributed by atoms with van der Waals surface area (Å²) in [5, 5.41) is 8.90. The second kappa shape index (κ2) is 5.69. The van der Waals surface area contributed by atoms with E-state index in [2.05, 4.69) is 22.3 Å². The lowest BCUT2D eigenvalue weighted by atomic mass is 10.6. The molecule has 4 heteroatoms. The molecule has 11 heavy (non-hydrogen) atoms. The molecule has 0 spiro atoms. The molecular weight excluding hydrogens is 140 g/mol. The second-order valence-corrected chi connectivity index (χ2v) is 2.56. The molecule has 0 aromatic heterocycles. The lowest BCUT2D eigenvalue weighted by Crippen LogP contribution is -2.10. The molecule has 0 amide bonds. The molecule has 0 aromatic rings. The van der Waals surface area contributed by atoms with Gasteiger partial charge in [-0.25, -0.2) is 0 Å². The summed E-state index contributed by atoms with van der Waals surface area (Å²) in [7, 11) is 7.52. The molecule has 62 valence electrons. The molecule has 0 aliphatic heterocycles. The number of hydrogen-bond donors (Lipinski definition) is 0. The Bertz CT molecular complexity index is 173. The third-order valence-corrected chi connectivity index (χ3v) is 0.748. The van der Waals surface area contributed by atoms with Crippen LogP contribution < -0.4 is 0 Å². The van der Waals surface area contributed by atoms with Crippen LogP contribution in [0.4, 0.5) is 0 Å². The Balaban J connectivity index is 3.55. The van der Waals surface area contributed by atoms with Crippen molar-refractivity contribution in [1.82, 2.24) is 9.91 Å². The van der Waals surface area contributed by atoms with E-state index in [9.17, 15) is 0 Å². The predicted molar refractivity (Wildman–Crippen MR) is 44.9 cm³/mol. The zero-order valence-electron chi connectivity index (χ0n) is 7.50. The predicted octanol–water partition coefficient (Wildman–Crippen LogP) is 0.438. The molecule has 0 atom stereocenters. The lowest BCUT2D eigenvalue weighted by molar-refractivity contribution is 0.409. The number of hydrogen-bond acceptors (Lipinski definition) is 3. The Hall–Kier alpha value is -1.08. The van der Waals surface area contributed by atoms with Gasteiger partial charge in [-0.2, -0.15) is 0 Å². The van der Waals surface area contributed by atoms with Crippen molar-refractivity contribution in [2.75, 3.05) is 34.7 Å². The monoisotopic (exact) mass is 154 g/mol. The van der Waals surface area contributed by atoms with E-state index in [0.717, 1.165) is 0 Å². The van der Waals surface area contributed by atoms with Crippen LogP contribution in [0.2, 0.25) is 0 Å². The summed E-state index contributed by atoms with van der Waals surface area (Å²) in [6.45, 7) is 0.715. The van der Waals surface area contributed by atoms with E-state index in [0.29, 0.717) is 6.54 Å². The smallest absolute Gasteiger partial charge is 0.0616 e. The van der Waals surface area contributed by atoms with Crippen LogP contribution in [0.15, 0.2) is 10.3 Å². The van der Waals surface area contributed by atoms with Gasteiger partial charge in [0.1, 0.15) is 0 Å². The quantitative estimate of drug-likeness (QED) is 0.328. The molecule has 0 saturated carbocycles. The summed E-state index contributed by atoms with van der Waals surface area (Å²) in [4.78, 5) is 1.97. The molecular formula is C7H14N4. The van der Waals surface area contributed by atoms with Crippen LogP contribution in [0.3, 0.4) is 0 Å². The molecule has 0 aromatic carbocycles. The van der Waals surface area contributed by atoms with Gasteiger partial charge in [0.25, 0.3) is 0 Å². The Morgan fingerprint density at radius 1 is 1.18 bits per heavy atom. The fraction of sp³-hybridized carbons (Fsp3) is 0.714. The van der Waals surface area contributed by atoms with Crippen LogP contribution in [0.5, 0.6) is 0 Å². The van der Waals surface area contributed by atoms with E-state index in [1.165, 1.54) is 0 Å². The Morgan fingerprint density at radius 2 is 1.82 bits per heavy atom. The highest BCUT2D eigenvalue weighted by atomic mass is 15.5. The zero-order chi connectivity index (χ0) is 8.69. The summed E-state index contributed by atoms with van der Waals surface area (Å²) in [6.07, 6.45) is 0. The summed E-state index contributed by atoms with van der Waals surface area (Å²) in [6, 6.07) is 2.57. The van der Waals surface area contributed by atoms with Crippen molar-refractivity contribution in [1.29, 1.82) is 0 Å². The average molecular weight is 154 g/mol. The van der Waals surface area contributed by atoms with E-state index in [1.54, 1.807) is 19.1 Å². The van der Waals surface area contributed by atoms with E-state index < -0.39 is 0 Å². The van der Waals surface area contributed by atoms with Crippen LogP contribution in [-0.4, -0.2) is 44.6 Å². The third-order valence-electron chi connectivity index (χ3n) is 0.748. The molecule has 0 radical (unpaired) electrons. The minimum Gasteiger partial charge on any atom is -0.298 e. The van der Waals surface area contributed by atoms with Crippen molar-refractivity contribution >= 4 is 0 Å². The van der Waals surface area contributed by atoms with Crippen molar-refractivity contribution in [3.8, 4) is 12.0 Å². The van der Waals surface area contributed by atoms with E-state index in [1.807, 2.05) is 19.0 Å². The maximum absolute atomic E-state index is 3.69. The largest absolute Gasteiger partial charge is 0.298 e. The summed E-state index contributed by atoms with van der Waals surface area (Å²) < 4.78 is 0. The first-order valence-electron chi connectivity index (χ1n) is 3.33. The van der Waals surface area contributed by atoms with Crippen LogP contribution in [0, 0.1) is 12.0 Å². The first kappa shape index (κ1) is 9.92. The first-order valence-corrected chi connectivity index (χ1v) is 3.33. The standard InChI is InChI=1S/C7H14N4/c1-10(2)7-5-6-8-9-11(3)4/h7H2,1-4H3/b9-8+. The first-order chi connectivity index (χ1) is 5.13. The van der Waals surface area contributed by atoms with Gasteiger partial charge in [0, 0.05) is 14.1 Å². The molecule has 0 fully saturated rings. The minimum absolute atomic E-state index is 0.715. The van der Waals surface area contributed by atoms with Crippen LogP contribution >= 0.6 is 0 Å². The Labute approximate surface area is 67.9 Å². The van der Waals surface area contributed by atoms with Gasteiger partial charge in [0.05, 0.1) is 12.6 Å². The molecule has 0 rings (SSSR count). The normalized spacial score (nSPS) is 9.91. The van der Waals surface area contributed by atoms with Crippen molar-refractivity contribution < 1.29 is 0 Å². The second-order valence-electron chi connectivity index (χ2n) is 2.56. The third kappa shape index (κ3) is 8.92. The molecule has 0 N–H and O–H groups in total. The van der Waals surface area contributed by atoms with Gasteiger partial charge in [-0.05, 0) is 14.1 Å². The summed E-state index contributed by atoms with van der Waals surface area (Å²) in [5.41, 5.74) is 0. The van der Waals surface area contributed by atoms with Gasteiger partial charge in [0.2, 0.25) is 0 Å². The van der Waals surface area contributed by atoms with Crippen molar-refractivity contribution in [3.63, 3.8) is 0 Å². The lowest BCUT2D eigenvalue weighted by Gasteiger charge is -2.00. The van der Waals surface area contributed by atoms with Crippen LogP contribution in [0.1, 0.15) is 0 Å². The van der Waals surface area contributed by atoms with Gasteiger partial charge >= 0.3 is 0 Å². The molecule has 0 heterocycles. The molecule has 0 saturated heterocycles. The Kier molecular flexibility index (Phi) is 5.13. The fourth-order valence-electron chi connectivity index (χ4n) is 0.341. The SMILES string of the molecule is CN(C)CC#C/N=N/N(C)C. The van der Waals surface area contributed by atoms with E-state index >= 15 is 0 Å². The van der Waals surface area contributed by atoms with Crippen molar-refractivity contribution in [2.45, 2.75) is 0 Å². The highest BCUT2D eigenvalue weighted by molar-refractivity contribution is 4.97. The number of nitrogens with zero attached hydrogens (tertiary/aromatic N) is 4. The Morgan fingerprint density at radius 3 is 2.27 bits per heavy atom. The van der Waals surface area contributed by atoms with Gasteiger partial charge in [-0.1, -0.05) is 16.3 Å². The average Bonchev–Trinajstić information content (AvgIpc) is 1.85. The highest BCUT2D eigenvalue weighted by Crippen LogP contribution is 1.76. The maximum atomic E-state index is 3.69. The maximum Gasteiger partial charge on any atom is 0.0616 e. The molecule has 0 bridgehead atoms. The molecule has 0 aliphatic carbocycles. The van der Waals surface area contributed by atoms with Crippen molar-refractivity contribution in [2.24, 2.45) is 10.3 Å². The minimum atomic E-state index is 0.715. The van der Waals surface area contributed by atoms with Gasteiger partial charge in [-0.3, -0.25) is 9.91 Å². The zero-order valence-corrected chi connectivity index (χ0v) is 7.50. The van der Waals surface area contributed by atoms with E-state index in [4.69, 9.17) is 0 Å². The van der Waals surface area contributed by atoms with Crippen LogP contribution in [-0.2, 0) is 0 Å². The molecule has 0 aliphatic rings. The van der Waals surface area contributed by atoms with Crippen molar-refractivity contribution in [3.05, 3.63) is 0 Å². The molecule has 4 nitrogen and oxygen atoms in total. The fourth-order valence-corrected chi connectivity index (χ4v) is 0.341. The van der Waals surface area contributed by atoms with Gasteiger partial charge in [-0.15, -0.1) is 0 Å². The highest BCUT2D eigenvalue weighted by Gasteiger charge is 1.79. The molecule has 0 unspecified atom stereocenters. The van der Waals surface area contributed by atoms with Gasteiger partial charge < -0.3 is 0 Å². The summed E-state index contributed by atoms with van der Waals surface area (Å²) in [5.74, 6) is 2.83. The van der Waals surface area contributed by atoms with E-state index in [-0.39, 0.29) is 0 Å². The van der Waals surface area contributed by atoms with Gasteiger partial charge in [0.15, 0.2) is 0 Å². The number of rotatable bonds is 2.